The Labute approximate surface area is 222 Å². The van der Waals surface area contributed by atoms with E-state index in [0.717, 1.165) is 28.2 Å². The van der Waals surface area contributed by atoms with Gasteiger partial charge < -0.3 is 38.6 Å². The first-order chi connectivity index (χ1) is 18.4. The third kappa shape index (κ3) is 5.98. The van der Waals surface area contributed by atoms with Crippen molar-refractivity contribution >= 4 is 0 Å². The molecule has 200 valence electrons. The van der Waals surface area contributed by atoms with Gasteiger partial charge in [0.2, 0.25) is 11.5 Å². The van der Waals surface area contributed by atoms with Crippen LogP contribution in [0.5, 0.6) is 46.0 Å². The Morgan fingerprint density at radius 1 is 0.474 bits per heavy atom. The lowest BCUT2D eigenvalue weighted by molar-refractivity contribution is 0.317. The Morgan fingerprint density at radius 3 is 1.68 bits per heavy atom. The van der Waals surface area contributed by atoms with Crippen molar-refractivity contribution in [2.45, 2.75) is 0 Å². The molecule has 38 heavy (non-hydrogen) atoms. The van der Waals surface area contributed by atoms with Gasteiger partial charge in [0, 0.05) is 11.1 Å². The molecule has 4 rings (SSSR count). The maximum Gasteiger partial charge on any atom is 0.207 e. The van der Waals surface area contributed by atoms with E-state index in [2.05, 4.69) is 0 Å². The largest absolute Gasteiger partial charge is 0.504 e. The molecule has 0 saturated heterocycles. The van der Waals surface area contributed by atoms with Crippen LogP contribution in [0.1, 0.15) is 0 Å². The summed E-state index contributed by atoms with van der Waals surface area (Å²) < 4.78 is 31.3. The number of hydrogen-bond donors (Lipinski definition) is 2. The predicted molar refractivity (Wildman–Crippen MR) is 146 cm³/mol. The summed E-state index contributed by atoms with van der Waals surface area (Å²) in [6, 6.07) is 22.1. The molecular weight excluding hydrogens is 488 g/mol. The van der Waals surface area contributed by atoms with Crippen molar-refractivity contribution in [1.82, 2.24) is 0 Å². The quantitative estimate of drug-likeness (QED) is 0.266. The van der Waals surface area contributed by atoms with Crippen molar-refractivity contribution in [1.29, 1.82) is 0 Å². The van der Waals surface area contributed by atoms with Crippen molar-refractivity contribution in [3.8, 4) is 68.2 Å². The summed E-state index contributed by atoms with van der Waals surface area (Å²) in [5, 5.41) is 20.0. The molecule has 0 saturated carbocycles. The molecule has 0 heterocycles. The SMILES string of the molecule is COc1c(O)cc(-c2ccccc2)c(O)c1OC.COc1ccc(OC)c(-c2ccc(OC)c(OC)c2)c1. The van der Waals surface area contributed by atoms with Gasteiger partial charge in [-0.25, -0.2) is 0 Å². The van der Waals surface area contributed by atoms with Crippen LogP contribution in [0.3, 0.4) is 0 Å². The first kappa shape index (κ1) is 27.9. The zero-order chi connectivity index (χ0) is 27.7. The summed E-state index contributed by atoms with van der Waals surface area (Å²) in [7, 11) is 9.32. The number of phenols is 2. The number of methoxy groups -OCH3 is 6. The third-order valence-corrected chi connectivity index (χ3v) is 5.78. The van der Waals surface area contributed by atoms with Crippen LogP contribution in [0.4, 0.5) is 0 Å². The molecule has 0 aliphatic carbocycles. The monoisotopic (exact) mass is 520 g/mol. The zero-order valence-electron chi connectivity index (χ0n) is 22.3. The molecule has 0 aromatic heterocycles. The summed E-state index contributed by atoms with van der Waals surface area (Å²) in [6.45, 7) is 0. The van der Waals surface area contributed by atoms with Crippen LogP contribution in [-0.2, 0) is 0 Å². The Morgan fingerprint density at radius 2 is 1.11 bits per heavy atom. The molecule has 0 unspecified atom stereocenters. The fraction of sp³-hybridized carbons (Fsp3) is 0.200. The van der Waals surface area contributed by atoms with E-state index < -0.39 is 0 Å². The van der Waals surface area contributed by atoms with Gasteiger partial charge in [-0.15, -0.1) is 0 Å². The van der Waals surface area contributed by atoms with E-state index in [9.17, 15) is 10.2 Å². The van der Waals surface area contributed by atoms with Gasteiger partial charge in [0.05, 0.1) is 42.7 Å². The highest BCUT2D eigenvalue weighted by atomic mass is 16.5. The molecule has 8 heteroatoms. The summed E-state index contributed by atoms with van der Waals surface area (Å²) in [5.41, 5.74) is 3.18. The normalized spacial score (nSPS) is 10.1. The third-order valence-electron chi connectivity index (χ3n) is 5.78. The number of hydrogen-bond acceptors (Lipinski definition) is 8. The molecule has 2 N–H and O–H groups in total. The number of rotatable bonds is 8. The molecule has 0 aliphatic rings. The highest BCUT2D eigenvalue weighted by Crippen LogP contribution is 2.48. The second-order valence-corrected chi connectivity index (χ2v) is 7.86. The Hall–Kier alpha value is -4.72. The van der Waals surface area contributed by atoms with Crippen LogP contribution in [0, 0.1) is 0 Å². The van der Waals surface area contributed by atoms with Crippen LogP contribution in [-0.4, -0.2) is 52.9 Å². The fourth-order valence-corrected chi connectivity index (χ4v) is 3.88. The van der Waals surface area contributed by atoms with E-state index >= 15 is 0 Å². The number of aromatic hydroxyl groups is 2. The van der Waals surface area contributed by atoms with E-state index in [-0.39, 0.29) is 23.0 Å². The van der Waals surface area contributed by atoms with Crippen LogP contribution in [0.25, 0.3) is 22.3 Å². The standard InChI is InChI=1S/C16H18O4.C14H14O4/c1-17-12-6-8-14(18-2)13(10-12)11-5-7-15(19-3)16(9-11)20-4;1-17-13-11(15)8-10(12(16)14(13)18-2)9-6-4-3-5-7-9/h5-10H,1-4H3;3-8,15-16H,1-2H3. The molecule has 0 radical (unpaired) electrons. The first-order valence-electron chi connectivity index (χ1n) is 11.6. The fourth-order valence-electron chi connectivity index (χ4n) is 3.88. The summed E-state index contributed by atoms with van der Waals surface area (Å²) in [6.07, 6.45) is 0. The van der Waals surface area contributed by atoms with E-state index in [1.54, 1.807) is 28.4 Å². The number of phenolic OH excluding ortho intramolecular Hbond substituents is 2. The van der Waals surface area contributed by atoms with Crippen molar-refractivity contribution in [3.63, 3.8) is 0 Å². The van der Waals surface area contributed by atoms with Crippen LogP contribution in [0.2, 0.25) is 0 Å². The minimum absolute atomic E-state index is 0.0571. The average molecular weight is 521 g/mol. The highest BCUT2D eigenvalue weighted by molar-refractivity contribution is 5.78. The molecule has 0 amide bonds. The first-order valence-corrected chi connectivity index (χ1v) is 11.6. The van der Waals surface area contributed by atoms with E-state index in [1.165, 1.54) is 20.3 Å². The maximum absolute atomic E-state index is 10.2. The summed E-state index contributed by atoms with van der Waals surface area (Å²) in [4.78, 5) is 0. The topological polar surface area (TPSA) is 95.8 Å². The van der Waals surface area contributed by atoms with E-state index in [0.29, 0.717) is 17.1 Å². The van der Waals surface area contributed by atoms with Crippen molar-refractivity contribution < 1.29 is 38.6 Å². The molecular formula is C30H32O8. The van der Waals surface area contributed by atoms with Crippen LogP contribution >= 0.6 is 0 Å². The van der Waals surface area contributed by atoms with Gasteiger partial charge in [-0.05, 0) is 47.5 Å². The second kappa shape index (κ2) is 13.0. The lowest BCUT2D eigenvalue weighted by Gasteiger charge is -2.14. The van der Waals surface area contributed by atoms with Gasteiger partial charge in [-0.3, -0.25) is 0 Å². The van der Waals surface area contributed by atoms with Gasteiger partial charge >= 0.3 is 0 Å². The molecule has 4 aromatic carbocycles. The number of ether oxygens (including phenoxy) is 6. The van der Waals surface area contributed by atoms with Gasteiger partial charge in [-0.2, -0.15) is 0 Å². The molecule has 0 bridgehead atoms. The van der Waals surface area contributed by atoms with Crippen molar-refractivity contribution in [3.05, 3.63) is 72.8 Å². The highest BCUT2D eigenvalue weighted by Gasteiger charge is 2.20. The Kier molecular flexibility index (Phi) is 9.54. The Balaban J connectivity index is 0.000000212. The molecule has 0 fully saturated rings. The molecule has 0 atom stereocenters. The van der Waals surface area contributed by atoms with Gasteiger partial charge in [0.25, 0.3) is 0 Å². The minimum atomic E-state index is -0.0778. The lowest BCUT2D eigenvalue weighted by Crippen LogP contribution is -1.93. The van der Waals surface area contributed by atoms with Crippen LogP contribution in [0.15, 0.2) is 72.8 Å². The molecule has 8 nitrogen and oxygen atoms in total. The second-order valence-electron chi connectivity index (χ2n) is 7.86. The van der Waals surface area contributed by atoms with Gasteiger partial charge in [-0.1, -0.05) is 36.4 Å². The van der Waals surface area contributed by atoms with Crippen molar-refractivity contribution in [2.75, 3.05) is 42.7 Å². The lowest BCUT2D eigenvalue weighted by atomic mass is 10.0. The number of benzene rings is 4. The predicted octanol–water partition coefficient (Wildman–Crippen LogP) is 6.17. The molecule has 0 aliphatic heterocycles. The smallest absolute Gasteiger partial charge is 0.207 e. The molecule has 0 spiro atoms. The minimum Gasteiger partial charge on any atom is -0.504 e. The van der Waals surface area contributed by atoms with Crippen molar-refractivity contribution in [2.24, 2.45) is 0 Å². The van der Waals surface area contributed by atoms with Gasteiger partial charge in [0.15, 0.2) is 23.0 Å². The van der Waals surface area contributed by atoms with E-state index in [1.807, 2.05) is 66.7 Å². The Bertz CT molecular complexity index is 1350. The maximum atomic E-state index is 10.2. The van der Waals surface area contributed by atoms with E-state index in [4.69, 9.17) is 28.4 Å². The van der Waals surface area contributed by atoms with Crippen LogP contribution < -0.4 is 28.4 Å². The summed E-state index contributed by atoms with van der Waals surface area (Å²) >= 11 is 0. The average Bonchev–Trinajstić information content (AvgIpc) is 2.97. The van der Waals surface area contributed by atoms with Gasteiger partial charge in [0.1, 0.15) is 11.5 Å². The summed E-state index contributed by atoms with van der Waals surface area (Å²) in [5.74, 6) is 3.02. The molecule has 4 aromatic rings. The zero-order valence-corrected chi connectivity index (χ0v) is 22.3.